The van der Waals surface area contributed by atoms with Gasteiger partial charge in [-0.2, -0.15) is 5.10 Å². The van der Waals surface area contributed by atoms with E-state index in [2.05, 4.69) is 27.6 Å². The molecule has 0 bridgehead atoms. The van der Waals surface area contributed by atoms with Crippen LogP contribution in [0.2, 0.25) is 5.02 Å². The highest BCUT2D eigenvalue weighted by Crippen LogP contribution is 2.57. The molecular weight excluding hydrogens is 996 g/mol. The van der Waals surface area contributed by atoms with Gasteiger partial charge in [0.2, 0.25) is 17.7 Å². The molecule has 5 aliphatic rings. The molecule has 4 aromatic carbocycles. The van der Waals surface area contributed by atoms with Crippen LogP contribution in [0.25, 0.3) is 22.0 Å². The first-order valence-corrected chi connectivity index (χ1v) is 26.3. The van der Waals surface area contributed by atoms with Gasteiger partial charge in [-0.05, 0) is 101 Å². The molecule has 1 aromatic heterocycles. The molecule has 15 nitrogen and oxygen atoms in total. The van der Waals surface area contributed by atoms with Crippen LogP contribution < -0.4 is 30.7 Å². The summed E-state index contributed by atoms with van der Waals surface area (Å²) in [4.78, 5) is 57.2. The molecule has 1 aliphatic carbocycles. The Morgan fingerprint density at radius 3 is 2.35 bits per heavy atom. The molecule has 4 fully saturated rings. The summed E-state index contributed by atoms with van der Waals surface area (Å²) in [7, 11) is 1.55. The van der Waals surface area contributed by atoms with Crippen molar-refractivity contribution in [3.8, 4) is 22.6 Å². The van der Waals surface area contributed by atoms with Crippen LogP contribution in [0.1, 0.15) is 111 Å². The van der Waals surface area contributed by atoms with Gasteiger partial charge in [-0.25, -0.2) is 22.4 Å². The van der Waals surface area contributed by atoms with Crippen molar-refractivity contribution in [3.63, 3.8) is 0 Å². The molecule has 4 atom stereocenters. The van der Waals surface area contributed by atoms with Crippen molar-refractivity contribution in [2.45, 2.75) is 107 Å². The highest BCUT2D eigenvalue weighted by atomic mass is 35.5. The summed E-state index contributed by atoms with van der Waals surface area (Å²) in [6, 6.07) is 13.8. The van der Waals surface area contributed by atoms with E-state index in [0.29, 0.717) is 63.7 Å². The van der Waals surface area contributed by atoms with Crippen molar-refractivity contribution >= 4 is 52.1 Å². The van der Waals surface area contributed by atoms with E-state index in [1.165, 1.54) is 33.8 Å². The Labute approximate surface area is 436 Å². The van der Waals surface area contributed by atoms with E-state index in [0.717, 1.165) is 18.4 Å². The number of benzene rings is 4. The molecule has 4 aliphatic heterocycles. The highest BCUT2D eigenvalue weighted by molar-refractivity contribution is 6.34. The Balaban J connectivity index is 0.795. The molecule has 5 N–H and O–H groups in total. The molecule has 5 amide bonds. The van der Waals surface area contributed by atoms with E-state index in [4.69, 9.17) is 26.8 Å². The number of piperidine rings is 2. The van der Waals surface area contributed by atoms with Gasteiger partial charge in [0.05, 0.1) is 22.6 Å². The zero-order chi connectivity index (χ0) is 53.0. The minimum Gasteiger partial charge on any atom is -0.488 e. The fourth-order valence-corrected chi connectivity index (χ4v) is 12.8. The van der Waals surface area contributed by atoms with Crippen molar-refractivity contribution in [1.82, 2.24) is 30.2 Å². The maximum Gasteiger partial charge on any atom is 0.329 e. The Kier molecular flexibility index (Phi) is 14.6. The molecule has 5 heterocycles. The molecule has 3 saturated heterocycles. The summed E-state index contributed by atoms with van der Waals surface area (Å²) in [6.07, 6.45) is 5.54. The number of urea groups is 1. The second-order valence-electron chi connectivity index (χ2n) is 20.8. The Hall–Kier alpha value is -6.28. The number of carbonyl (C=O) groups is 4. The second-order valence-corrected chi connectivity index (χ2v) is 21.1. The largest absolute Gasteiger partial charge is 0.488 e. The summed E-state index contributed by atoms with van der Waals surface area (Å²) in [5, 5.41) is 19.5. The zero-order valence-electron chi connectivity index (χ0n) is 42.1. The van der Waals surface area contributed by atoms with E-state index in [-0.39, 0.29) is 112 Å². The molecule has 0 spiro atoms. The van der Waals surface area contributed by atoms with Gasteiger partial charge in [0.1, 0.15) is 29.5 Å². The molecule has 1 saturated carbocycles. The maximum absolute atomic E-state index is 16.5. The number of ether oxygens (including phenoxy) is 2. The van der Waals surface area contributed by atoms with Gasteiger partial charge in [-0.1, -0.05) is 48.9 Å². The van der Waals surface area contributed by atoms with Crippen molar-refractivity contribution in [2.24, 2.45) is 18.7 Å². The molecule has 75 heavy (non-hydrogen) atoms. The number of aliphatic hydroxyl groups excluding tert-OH is 1. The normalized spacial score (nSPS) is 24.6. The van der Waals surface area contributed by atoms with Crippen LogP contribution >= 0.6 is 11.6 Å². The number of carbonyl (C=O) groups excluding carboxylic acids is 4. The summed E-state index contributed by atoms with van der Waals surface area (Å²) in [5.41, 5.74) is 5.22. The van der Waals surface area contributed by atoms with Crippen LogP contribution in [-0.4, -0.2) is 113 Å². The lowest BCUT2D eigenvalue weighted by Gasteiger charge is -2.46. The first-order valence-electron chi connectivity index (χ1n) is 25.9. The number of amides is 5. The SMILES string of the molecule is CC1CCC(N2CCC(c3c(F)cc4c(N5CCC(=O)NC5=O)nn(C)c4c3F)CC2)CN1C(=O)C1CCC(NCC2(c3ccccc3)Oc3cc(F)c(Cl)c(-c4c(C(N)=O)ccc(OCCO)c4F)c3C2C)CC1. The number of aryl methyl sites for hydroxylation is 1. The smallest absolute Gasteiger partial charge is 0.329 e. The van der Waals surface area contributed by atoms with E-state index in [9.17, 15) is 24.3 Å². The first kappa shape index (κ1) is 52.2. The van der Waals surface area contributed by atoms with Crippen LogP contribution in [0, 0.1) is 29.2 Å². The third kappa shape index (κ3) is 9.47. The number of anilines is 1. The lowest BCUT2D eigenvalue weighted by molar-refractivity contribution is -0.142. The average molecular weight is 1060 g/mol. The summed E-state index contributed by atoms with van der Waals surface area (Å²) >= 11 is 6.73. The molecule has 20 heteroatoms. The molecule has 398 valence electrons. The number of fused-ring (bicyclic) bond motifs is 2. The monoisotopic (exact) mass is 1060 g/mol. The lowest BCUT2D eigenvalue weighted by atomic mass is 9.77. The topological polar surface area (TPSA) is 185 Å². The zero-order valence-corrected chi connectivity index (χ0v) is 42.8. The third-order valence-electron chi connectivity index (χ3n) is 16.6. The second kappa shape index (κ2) is 21.0. The highest BCUT2D eigenvalue weighted by Gasteiger charge is 2.51. The number of hydrogen-bond donors (Lipinski definition) is 4. The van der Waals surface area contributed by atoms with Crippen molar-refractivity contribution in [1.29, 1.82) is 0 Å². The fourth-order valence-electron chi connectivity index (χ4n) is 12.5. The molecule has 4 unspecified atom stereocenters. The van der Waals surface area contributed by atoms with E-state index >= 15 is 17.6 Å². The number of likely N-dealkylation sites (tertiary alicyclic amines) is 2. The Bertz CT molecular complexity index is 3060. The van der Waals surface area contributed by atoms with Crippen LogP contribution in [0.3, 0.4) is 0 Å². The van der Waals surface area contributed by atoms with Gasteiger partial charge in [0.25, 0.3) is 0 Å². The van der Waals surface area contributed by atoms with E-state index in [1.807, 2.05) is 42.2 Å². The van der Waals surface area contributed by atoms with Crippen molar-refractivity contribution in [2.75, 3.05) is 50.8 Å². The number of halogens is 5. The first-order chi connectivity index (χ1) is 36.0. The predicted octanol–water partition coefficient (Wildman–Crippen LogP) is 8.17. The maximum atomic E-state index is 16.5. The Morgan fingerprint density at radius 2 is 1.65 bits per heavy atom. The standard InChI is InChI=1S/C55H61ClF4N8O7/c1-29-9-14-35(66-20-17-31(18-21-66)44-38(57)25-37-50(49(44)60)65(3)64-52(37)67-22-19-42(70)63-54(67)73)27-68(29)53(72)32-10-12-34(13-11-32)62-28-55(33-7-5-4-6-8-33)30(2)43-41(75-55)26-39(58)47(56)46(43)45-36(51(61)71)15-16-40(48(45)59)74-24-23-69/h4-8,15-16,25-26,29-32,34-35,62,69H,9-14,17-24,27-28H2,1-3H3,(H2,61,71)(H,63,70,73). The van der Waals surface area contributed by atoms with Gasteiger partial charge in [-0.15, -0.1) is 0 Å². The number of aliphatic hydroxyl groups is 1. The number of nitrogens with zero attached hydrogens (tertiary/aromatic N) is 5. The molecule has 10 rings (SSSR count). The van der Waals surface area contributed by atoms with E-state index < -0.39 is 64.3 Å². The number of nitrogens with two attached hydrogens (primary N) is 1. The summed E-state index contributed by atoms with van der Waals surface area (Å²) in [6.45, 7) is 5.43. The van der Waals surface area contributed by atoms with Crippen LogP contribution in [0.15, 0.2) is 54.6 Å². The molecule has 0 radical (unpaired) electrons. The van der Waals surface area contributed by atoms with Crippen molar-refractivity contribution < 1.29 is 51.3 Å². The lowest BCUT2D eigenvalue weighted by Crippen LogP contribution is -2.56. The van der Waals surface area contributed by atoms with Crippen LogP contribution in [0.4, 0.5) is 28.2 Å². The van der Waals surface area contributed by atoms with Gasteiger partial charge < -0.3 is 30.5 Å². The number of imide groups is 1. The quantitative estimate of drug-likeness (QED) is 0.0840. The Morgan fingerprint density at radius 1 is 0.920 bits per heavy atom. The van der Waals surface area contributed by atoms with Crippen LogP contribution in [-0.2, 0) is 22.2 Å². The number of aromatic nitrogens is 2. The number of primary amides is 1. The predicted molar refractivity (Wildman–Crippen MR) is 273 cm³/mol. The van der Waals surface area contributed by atoms with Gasteiger partial charge in [-0.3, -0.25) is 34.2 Å². The summed E-state index contributed by atoms with van der Waals surface area (Å²) in [5.74, 6) is -5.74. The average Bonchev–Trinajstić information content (AvgIpc) is 3.88. The van der Waals surface area contributed by atoms with Gasteiger partial charge >= 0.3 is 6.03 Å². The fraction of sp³-hybridized carbons (Fsp3) is 0.473. The molecule has 5 aromatic rings. The minimum atomic E-state index is -1.15. The summed E-state index contributed by atoms with van der Waals surface area (Å²) < 4.78 is 78.4. The van der Waals surface area contributed by atoms with Crippen molar-refractivity contribution in [3.05, 3.63) is 105 Å². The minimum absolute atomic E-state index is 0.000492. The number of hydrogen-bond acceptors (Lipinski definition) is 10. The van der Waals surface area contributed by atoms with Gasteiger partial charge in [0.15, 0.2) is 28.8 Å². The van der Waals surface area contributed by atoms with E-state index in [1.54, 1.807) is 7.05 Å². The number of rotatable bonds is 13. The third-order valence-corrected chi connectivity index (χ3v) is 16.9. The van der Waals surface area contributed by atoms with Crippen LogP contribution in [0.5, 0.6) is 11.5 Å². The molecular formula is C55H61ClF4N8O7. The number of nitrogens with one attached hydrogen (secondary N) is 2. The van der Waals surface area contributed by atoms with Gasteiger partial charge in [0, 0.05) is 91.4 Å².